The summed E-state index contributed by atoms with van der Waals surface area (Å²) in [6.45, 7) is 4.00. The van der Waals surface area contributed by atoms with Crippen molar-refractivity contribution < 1.29 is 13.9 Å². The lowest BCUT2D eigenvalue weighted by atomic mass is 10.3. The number of nitrogens with zero attached hydrogens (tertiary/aromatic N) is 2. The molecular weight excluding hydrogens is 366 g/mol. The van der Waals surface area contributed by atoms with Crippen molar-refractivity contribution in [2.75, 3.05) is 6.61 Å². The van der Waals surface area contributed by atoms with Gasteiger partial charge in [0.1, 0.15) is 11.5 Å². The summed E-state index contributed by atoms with van der Waals surface area (Å²) in [7, 11) is 0. The van der Waals surface area contributed by atoms with E-state index >= 15 is 0 Å². The molecule has 0 saturated heterocycles. The Morgan fingerprint density at radius 1 is 1.24 bits per heavy atom. The number of pyridine rings is 1. The van der Waals surface area contributed by atoms with Crippen molar-refractivity contribution in [2.45, 2.75) is 64.1 Å². The van der Waals surface area contributed by atoms with Crippen LogP contribution in [0.15, 0.2) is 34.9 Å². The Morgan fingerprint density at radius 2 is 2.07 bits per heavy atom. The highest BCUT2D eigenvalue weighted by Crippen LogP contribution is 2.47. The van der Waals surface area contributed by atoms with E-state index in [0.29, 0.717) is 36.8 Å². The molecular formula is C23H29N3O3. The maximum atomic E-state index is 12.8. The molecule has 3 aliphatic carbocycles. The number of urea groups is 1. The summed E-state index contributed by atoms with van der Waals surface area (Å²) < 4.78 is 11.7. The van der Waals surface area contributed by atoms with E-state index in [1.54, 1.807) is 6.20 Å². The Labute approximate surface area is 171 Å². The van der Waals surface area contributed by atoms with Crippen molar-refractivity contribution in [3.8, 4) is 5.88 Å². The van der Waals surface area contributed by atoms with Gasteiger partial charge < -0.3 is 19.4 Å². The third-order valence-corrected chi connectivity index (χ3v) is 6.14. The molecule has 3 saturated carbocycles. The SMILES string of the molecule is CC1CC1c1ccc(CN(C(=O)NCc2ccc(OCC3CC3)nc2)C2CC2)o1. The van der Waals surface area contributed by atoms with Crippen LogP contribution in [0.4, 0.5) is 4.79 Å². The van der Waals surface area contributed by atoms with Crippen LogP contribution in [0, 0.1) is 11.8 Å². The minimum Gasteiger partial charge on any atom is -0.477 e. The van der Waals surface area contributed by atoms with Gasteiger partial charge in [0.25, 0.3) is 0 Å². The maximum Gasteiger partial charge on any atom is 0.318 e. The van der Waals surface area contributed by atoms with E-state index < -0.39 is 0 Å². The largest absolute Gasteiger partial charge is 0.477 e. The summed E-state index contributed by atoms with van der Waals surface area (Å²) in [5.41, 5.74) is 0.968. The Bertz CT molecular complexity index is 855. The predicted molar refractivity (Wildman–Crippen MR) is 108 cm³/mol. The molecule has 3 fully saturated rings. The molecule has 2 amide bonds. The van der Waals surface area contributed by atoms with Gasteiger partial charge in [0.05, 0.1) is 13.2 Å². The first-order valence-corrected chi connectivity index (χ1v) is 10.9. The van der Waals surface area contributed by atoms with Gasteiger partial charge in [-0.15, -0.1) is 0 Å². The van der Waals surface area contributed by atoms with Crippen LogP contribution in [0.5, 0.6) is 5.88 Å². The second-order valence-electron chi connectivity index (χ2n) is 8.90. The Kier molecular flexibility index (Phi) is 4.94. The standard InChI is InChI=1S/C23H29N3O3/c1-15-10-20(15)21-8-7-19(29-21)13-26(18-5-6-18)23(27)25-12-17-4-9-22(24-11-17)28-14-16-2-3-16/h4,7-9,11,15-16,18,20H,2-3,5-6,10,12-14H2,1H3,(H,25,27). The lowest BCUT2D eigenvalue weighted by molar-refractivity contribution is 0.186. The number of hydrogen-bond acceptors (Lipinski definition) is 4. The van der Waals surface area contributed by atoms with Gasteiger partial charge >= 0.3 is 6.03 Å². The Morgan fingerprint density at radius 3 is 2.72 bits per heavy atom. The van der Waals surface area contributed by atoms with Gasteiger partial charge in [-0.2, -0.15) is 0 Å². The van der Waals surface area contributed by atoms with Gasteiger partial charge in [0.2, 0.25) is 5.88 Å². The minimum absolute atomic E-state index is 0.0423. The first kappa shape index (κ1) is 18.5. The number of carbonyl (C=O) groups is 1. The number of ether oxygens (including phenoxy) is 1. The molecule has 2 aromatic heterocycles. The van der Waals surface area contributed by atoms with Crippen molar-refractivity contribution in [3.63, 3.8) is 0 Å². The van der Waals surface area contributed by atoms with Crippen molar-refractivity contribution in [1.82, 2.24) is 15.2 Å². The molecule has 0 spiro atoms. The zero-order chi connectivity index (χ0) is 19.8. The number of amides is 2. The van der Waals surface area contributed by atoms with E-state index in [0.717, 1.165) is 42.5 Å². The predicted octanol–water partition coefficient (Wildman–Crippen LogP) is 4.46. The highest BCUT2D eigenvalue weighted by Gasteiger charge is 2.37. The lowest BCUT2D eigenvalue weighted by Gasteiger charge is -2.22. The number of rotatable bonds is 9. The molecule has 2 unspecified atom stereocenters. The summed E-state index contributed by atoms with van der Waals surface area (Å²) >= 11 is 0. The molecule has 5 rings (SSSR count). The van der Waals surface area contributed by atoms with Gasteiger partial charge in [-0.3, -0.25) is 0 Å². The molecule has 2 aromatic rings. The summed E-state index contributed by atoms with van der Waals surface area (Å²) in [6, 6.07) is 8.22. The summed E-state index contributed by atoms with van der Waals surface area (Å²) in [5.74, 6) is 4.59. The second kappa shape index (κ2) is 7.73. The highest BCUT2D eigenvalue weighted by molar-refractivity contribution is 5.74. The fourth-order valence-corrected chi connectivity index (χ4v) is 3.69. The third-order valence-electron chi connectivity index (χ3n) is 6.14. The maximum absolute atomic E-state index is 12.8. The molecule has 154 valence electrons. The molecule has 0 bridgehead atoms. The monoisotopic (exact) mass is 395 g/mol. The first-order chi connectivity index (χ1) is 14.2. The molecule has 0 radical (unpaired) electrons. The van der Waals surface area contributed by atoms with Crippen LogP contribution in [-0.2, 0) is 13.1 Å². The van der Waals surface area contributed by atoms with Gasteiger partial charge in [-0.1, -0.05) is 13.0 Å². The quantitative estimate of drug-likeness (QED) is 0.681. The Hall–Kier alpha value is -2.50. The molecule has 2 atom stereocenters. The number of aromatic nitrogens is 1. The summed E-state index contributed by atoms with van der Waals surface area (Å²) in [5, 5.41) is 3.03. The molecule has 2 heterocycles. The van der Waals surface area contributed by atoms with E-state index in [1.165, 1.54) is 19.3 Å². The van der Waals surface area contributed by atoms with Gasteiger partial charge in [0.15, 0.2) is 0 Å². The van der Waals surface area contributed by atoms with E-state index in [-0.39, 0.29) is 6.03 Å². The summed E-state index contributed by atoms with van der Waals surface area (Å²) in [4.78, 5) is 19.0. The molecule has 3 aliphatic rings. The summed E-state index contributed by atoms with van der Waals surface area (Å²) in [6.07, 6.45) is 7.64. The number of carbonyl (C=O) groups excluding carboxylic acids is 1. The molecule has 29 heavy (non-hydrogen) atoms. The second-order valence-corrected chi connectivity index (χ2v) is 8.90. The lowest BCUT2D eigenvalue weighted by Crippen LogP contribution is -2.40. The van der Waals surface area contributed by atoms with Crippen LogP contribution in [0.3, 0.4) is 0 Å². The van der Waals surface area contributed by atoms with Crippen molar-refractivity contribution in [3.05, 3.63) is 47.5 Å². The topological polar surface area (TPSA) is 67.6 Å². The zero-order valence-electron chi connectivity index (χ0n) is 17.0. The fourth-order valence-electron chi connectivity index (χ4n) is 3.69. The minimum atomic E-state index is -0.0423. The highest BCUT2D eigenvalue weighted by atomic mass is 16.5. The van der Waals surface area contributed by atoms with Crippen molar-refractivity contribution in [2.24, 2.45) is 11.8 Å². The van der Waals surface area contributed by atoms with Crippen LogP contribution >= 0.6 is 0 Å². The van der Waals surface area contributed by atoms with Crippen LogP contribution in [0.1, 0.15) is 62.0 Å². The fraction of sp³-hybridized carbons (Fsp3) is 0.565. The number of nitrogens with one attached hydrogen (secondary N) is 1. The van der Waals surface area contributed by atoms with Gasteiger partial charge in [-0.05, 0) is 61.6 Å². The smallest absolute Gasteiger partial charge is 0.318 e. The average molecular weight is 396 g/mol. The van der Waals surface area contributed by atoms with Gasteiger partial charge in [0, 0.05) is 30.8 Å². The molecule has 1 N–H and O–H groups in total. The molecule has 6 nitrogen and oxygen atoms in total. The molecule has 6 heteroatoms. The molecule has 0 aromatic carbocycles. The third kappa shape index (κ3) is 4.74. The first-order valence-electron chi connectivity index (χ1n) is 10.9. The molecule has 0 aliphatic heterocycles. The van der Waals surface area contributed by atoms with Crippen LogP contribution < -0.4 is 10.1 Å². The number of hydrogen-bond donors (Lipinski definition) is 1. The van der Waals surface area contributed by atoms with E-state index in [9.17, 15) is 4.79 Å². The normalized spacial score (nSPS) is 22.9. The van der Waals surface area contributed by atoms with Crippen molar-refractivity contribution >= 4 is 6.03 Å². The van der Waals surface area contributed by atoms with E-state index in [4.69, 9.17) is 9.15 Å². The van der Waals surface area contributed by atoms with Crippen LogP contribution in [-0.4, -0.2) is 28.6 Å². The Balaban J connectivity index is 1.13. The van der Waals surface area contributed by atoms with Crippen molar-refractivity contribution in [1.29, 1.82) is 0 Å². The number of furan rings is 1. The zero-order valence-corrected chi connectivity index (χ0v) is 17.0. The average Bonchev–Trinajstić information content (AvgIpc) is 3.61. The van der Waals surface area contributed by atoms with Crippen LogP contribution in [0.25, 0.3) is 0 Å². The van der Waals surface area contributed by atoms with Crippen LogP contribution in [0.2, 0.25) is 0 Å². The van der Waals surface area contributed by atoms with E-state index in [2.05, 4.69) is 23.3 Å². The van der Waals surface area contributed by atoms with E-state index in [1.807, 2.05) is 23.1 Å². The van der Waals surface area contributed by atoms with Gasteiger partial charge in [-0.25, -0.2) is 9.78 Å².